The van der Waals surface area contributed by atoms with Crippen molar-refractivity contribution in [3.8, 4) is 11.3 Å². The molecule has 0 bridgehead atoms. The van der Waals surface area contributed by atoms with Crippen LogP contribution in [0.5, 0.6) is 0 Å². The Morgan fingerprint density at radius 1 is 1.19 bits per heavy atom. The number of anilines is 1. The number of aromatic nitrogens is 4. The van der Waals surface area contributed by atoms with E-state index < -0.39 is 13.0 Å². The predicted octanol–water partition coefficient (Wildman–Crippen LogP) is 2.99. The molecule has 21 heavy (non-hydrogen) atoms. The minimum atomic E-state index is -2.54. The van der Waals surface area contributed by atoms with Crippen molar-refractivity contribution in [1.29, 1.82) is 0 Å². The Morgan fingerprint density at radius 3 is 2.57 bits per heavy atom. The van der Waals surface area contributed by atoms with Gasteiger partial charge in [0, 0.05) is 10.6 Å². The Morgan fingerprint density at radius 2 is 1.90 bits per heavy atom. The van der Waals surface area contributed by atoms with Gasteiger partial charge in [-0.05, 0) is 12.1 Å². The topological polar surface area (TPSA) is 69.6 Å². The van der Waals surface area contributed by atoms with Gasteiger partial charge in [-0.2, -0.15) is 5.10 Å². The van der Waals surface area contributed by atoms with Crippen LogP contribution in [0.2, 0.25) is 5.02 Å². The SMILES string of the molecule is Nc1ncnc2c1c(-c1ccc(Cl)cc1)nn2CC(F)F. The van der Waals surface area contributed by atoms with Gasteiger partial charge in [0.05, 0.1) is 5.39 Å². The van der Waals surface area contributed by atoms with Gasteiger partial charge in [-0.3, -0.25) is 0 Å². The second-order valence-electron chi connectivity index (χ2n) is 4.39. The number of alkyl halides is 2. The van der Waals surface area contributed by atoms with Crippen LogP contribution in [0.25, 0.3) is 22.3 Å². The number of nitrogen functional groups attached to an aromatic ring is 1. The summed E-state index contributed by atoms with van der Waals surface area (Å²) in [6, 6.07) is 6.86. The highest BCUT2D eigenvalue weighted by molar-refractivity contribution is 6.30. The average Bonchev–Trinajstić information content (AvgIpc) is 2.79. The Balaban J connectivity index is 2.24. The quantitative estimate of drug-likeness (QED) is 0.807. The van der Waals surface area contributed by atoms with E-state index in [4.69, 9.17) is 17.3 Å². The first kappa shape index (κ1) is 13.7. The molecule has 0 atom stereocenters. The van der Waals surface area contributed by atoms with Crippen LogP contribution in [-0.2, 0) is 6.54 Å². The van der Waals surface area contributed by atoms with Crippen molar-refractivity contribution >= 4 is 28.5 Å². The second-order valence-corrected chi connectivity index (χ2v) is 4.82. The second kappa shape index (κ2) is 5.25. The van der Waals surface area contributed by atoms with Crippen molar-refractivity contribution in [1.82, 2.24) is 19.7 Å². The van der Waals surface area contributed by atoms with Gasteiger partial charge in [-0.25, -0.2) is 23.4 Å². The first-order valence-electron chi connectivity index (χ1n) is 6.07. The van der Waals surface area contributed by atoms with Gasteiger partial charge in [0.2, 0.25) is 0 Å². The maximum absolute atomic E-state index is 12.7. The number of nitrogens with zero attached hydrogens (tertiary/aromatic N) is 4. The molecule has 0 aliphatic rings. The number of nitrogens with two attached hydrogens (primary N) is 1. The molecule has 0 unspecified atom stereocenters. The summed E-state index contributed by atoms with van der Waals surface area (Å²) in [5.74, 6) is 0.200. The third kappa shape index (κ3) is 2.52. The fourth-order valence-corrected chi connectivity index (χ4v) is 2.22. The molecule has 108 valence electrons. The van der Waals surface area contributed by atoms with E-state index in [1.807, 2.05) is 0 Å². The molecule has 0 amide bonds. The van der Waals surface area contributed by atoms with Gasteiger partial charge in [-0.1, -0.05) is 23.7 Å². The van der Waals surface area contributed by atoms with Crippen molar-refractivity contribution in [3.05, 3.63) is 35.6 Å². The zero-order valence-corrected chi connectivity index (χ0v) is 11.4. The number of rotatable bonds is 3. The lowest BCUT2D eigenvalue weighted by molar-refractivity contribution is 0.123. The molecule has 0 aliphatic heterocycles. The fourth-order valence-electron chi connectivity index (χ4n) is 2.10. The molecule has 0 radical (unpaired) electrons. The summed E-state index contributed by atoms with van der Waals surface area (Å²) >= 11 is 5.85. The molecule has 2 aromatic heterocycles. The predicted molar refractivity (Wildman–Crippen MR) is 76.2 cm³/mol. The van der Waals surface area contributed by atoms with Gasteiger partial charge < -0.3 is 5.73 Å². The molecule has 0 aliphatic carbocycles. The van der Waals surface area contributed by atoms with Crippen LogP contribution in [0.4, 0.5) is 14.6 Å². The summed E-state index contributed by atoms with van der Waals surface area (Å²) in [6.07, 6.45) is -1.31. The molecule has 0 saturated heterocycles. The molecule has 3 aromatic rings. The monoisotopic (exact) mass is 309 g/mol. The van der Waals surface area contributed by atoms with Crippen LogP contribution in [-0.4, -0.2) is 26.2 Å². The Labute approximate surface area is 123 Å². The zero-order chi connectivity index (χ0) is 15.0. The largest absolute Gasteiger partial charge is 0.383 e. The van der Waals surface area contributed by atoms with E-state index in [1.165, 1.54) is 6.33 Å². The summed E-state index contributed by atoms with van der Waals surface area (Å²) in [7, 11) is 0. The van der Waals surface area contributed by atoms with E-state index in [0.29, 0.717) is 21.7 Å². The average molecular weight is 310 g/mol. The Kier molecular flexibility index (Phi) is 3.42. The Bertz CT molecular complexity index is 785. The normalized spacial score (nSPS) is 11.4. The third-order valence-electron chi connectivity index (χ3n) is 2.99. The molecule has 0 fully saturated rings. The van der Waals surface area contributed by atoms with E-state index in [0.717, 1.165) is 4.68 Å². The van der Waals surface area contributed by atoms with Crippen LogP contribution >= 0.6 is 11.6 Å². The van der Waals surface area contributed by atoms with Crippen LogP contribution < -0.4 is 5.73 Å². The van der Waals surface area contributed by atoms with Crippen LogP contribution in [0.15, 0.2) is 30.6 Å². The number of benzene rings is 1. The number of fused-ring (bicyclic) bond motifs is 1. The molecule has 1 aromatic carbocycles. The highest BCUT2D eigenvalue weighted by Crippen LogP contribution is 2.30. The first-order valence-corrected chi connectivity index (χ1v) is 6.45. The molecule has 0 saturated carbocycles. The number of hydrogen-bond acceptors (Lipinski definition) is 4. The summed E-state index contributed by atoms with van der Waals surface area (Å²) < 4.78 is 26.5. The molecule has 2 heterocycles. The lowest BCUT2D eigenvalue weighted by Gasteiger charge is -2.00. The van der Waals surface area contributed by atoms with Gasteiger partial charge in [0.1, 0.15) is 24.4 Å². The molecular formula is C13H10ClF2N5. The summed E-state index contributed by atoms with van der Waals surface area (Å²) in [4.78, 5) is 7.91. The van der Waals surface area contributed by atoms with Crippen molar-refractivity contribution < 1.29 is 8.78 Å². The van der Waals surface area contributed by atoms with Crippen LogP contribution in [0, 0.1) is 0 Å². The minimum absolute atomic E-state index is 0.200. The molecule has 8 heteroatoms. The fraction of sp³-hybridized carbons (Fsp3) is 0.154. The maximum atomic E-state index is 12.7. The van der Waals surface area contributed by atoms with Gasteiger partial charge in [-0.15, -0.1) is 0 Å². The smallest absolute Gasteiger partial charge is 0.258 e. The van der Waals surface area contributed by atoms with Gasteiger partial charge in [0.25, 0.3) is 6.43 Å². The summed E-state index contributed by atoms with van der Waals surface area (Å²) in [5, 5.41) is 5.23. The minimum Gasteiger partial charge on any atom is -0.383 e. The van der Waals surface area contributed by atoms with E-state index in [9.17, 15) is 8.78 Å². The van der Waals surface area contributed by atoms with Crippen molar-refractivity contribution in [2.24, 2.45) is 0 Å². The maximum Gasteiger partial charge on any atom is 0.258 e. The molecular weight excluding hydrogens is 300 g/mol. The van der Waals surface area contributed by atoms with E-state index in [-0.39, 0.29) is 11.5 Å². The number of halogens is 3. The van der Waals surface area contributed by atoms with Crippen molar-refractivity contribution in [2.45, 2.75) is 13.0 Å². The molecule has 2 N–H and O–H groups in total. The van der Waals surface area contributed by atoms with E-state index in [1.54, 1.807) is 24.3 Å². The first-order chi connectivity index (χ1) is 10.1. The van der Waals surface area contributed by atoms with E-state index in [2.05, 4.69) is 15.1 Å². The standard InChI is InChI=1S/C13H10ClF2N5/c14-8-3-1-7(2-4-8)11-10-12(17)18-6-19-13(10)21(20-11)5-9(15)16/h1-4,6,9H,5H2,(H2,17,18,19). The highest BCUT2D eigenvalue weighted by atomic mass is 35.5. The van der Waals surface area contributed by atoms with Crippen LogP contribution in [0.3, 0.4) is 0 Å². The third-order valence-corrected chi connectivity index (χ3v) is 3.24. The lowest BCUT2D eigenvalue weighted by atomic mass is 10.1. The van der Waals surface area contributed by atoms with Crippen molar-refractivity contribution in [3.63, 3.8) is 0 Å². The zero-order valence-electron chi connectivity index (χ0n) is 10.7. The Hall–Kier alpha value is -2.28. The highest BCUT2D eigenvalue weighted by Gasteiger charge is 2.18. The van der Waals surface area contributed by atoms with Gasteiger partial charge in [0.15, 0.2) is 5.65 Å². The lowest BCUT2D eigenvalue weighted by Crippen LogP contribution is -2.08. The molecule has 3 rings (SSSR count). The van der Waals surface area contributed by atoms with Crippen molar-refractivity contribution in [2.75, 3.05) is 5.73 Å². The molecule has 5 nitrogen and oxygen atoms in total. The number of hydrogen-bond donors (Lipinski definition) is 1. The summed E-state index contributed by atoms with van der Waals surface area (Å²) in [6.45, 7) is -0.555. The van der Waals surface area contributed by atoms with Gasteiger partial charge >= 0.3 is 0 Å². The summed E-state index contributed by atoms with van der Waals surface area (Å²) in [5.41, 5.74) is 7.30. The molecule has 0 spiro atoms. The van der Waals surface area contributed by atoms with Crippen LogP contribution in [0.1, 0.15) is 0 Å². The van der Waals surface area contributed by atoms with E-state index >= 15 is 0 Å².